The van der Waals surface area contributed by atoms with Gasteiger partial charge in [-0.2, -0.15) is 5.10 Å². The lowest BCUT2D eigenvalue weighted by atomic mass is 10.3. The topological polar surface area (TPSA) is 42.5 Å². The molecule has 0 bridgehead atoms. The molecule has 0 saturated carbocycles. The molecule has 15 heavy (non-hydrogen) atoms. The maximum Gasteiger partial charge on any atom is 0.198 e. The van der Waals surface area contributed by atoms with Crippen LogP contribution >= 0.6 is 0 Å². The summed E-state index contributed by atoms with van der Waals surface area (Å²) in [4.78, 5) is 0. The van der Waals surface area contributed by atoms with E-state index < -0.39 is 0 Å². The van der Waals surface area contributed by atoms with Crippen LogP contribution in [-0.4, -0.2) is 9.78 Å². The highest BCUT2D eigenvalue weighted by Gasteiger charge is 2.00. The van der Waals surface area contributed by atoms with Crippen molar-refractivity contribution in [1.29, 1.82) is 0 Å². The summed E-state index contributed by atoms with van der Waals surface area (Å²) in [5.74, 6) is 0.668. The van der Waals surface area contributed by atoms with Crippen molar-refractivity contribution < 1.29 is 0 Å². The number of rotatable bonds is 2. The smallest absolute Gasteiger partial charge is 0.198 e. The summed E-state index contributed by atoms with van der Waals surface area (Å²) in [7, 11) is 1.87. The third-order valence-corrected chi connectivity index (χ3v) is 2.00. The highest BCUT2D eigenvalue weighted by Crippen LogP contribution is 2.18. The Labute approximate surface area is 88.3 Å². The lowest BCUT2D eigenvalue weighted by molar-refractivity contribution is 0.766. The first kappa shape index (κ1) is 9.58. The normalized spacial score (nSPS) is 11.1. The minimum Gasteiger partial charge on any atom is -0.273 e. The van der Waals surface area contributed by atoms with Gasteiger partial charge in [-0.25, -0.2) is 0 Å². The van der Waals surface area contributed by atoms with Crippen LogP contribution in [0.15, 0.2) is 46.8 Å². The fourth-order valence-electron chi connectivity index (χ4n) is 1.29. The third kappa shape index (κ3) is 2.28. The quantitative estimate of drug-likeness (QED) is 0.686. The summed E-state index contributed by atoms with van der Waals surface area (Å²) in [6.07, 6.45) is 1.92. The van der Waals surface area contributed by atoms with Crippen molar-refractivity contribution in [2.75, 3.05) is 0 Å². The van der Waals surface area contributed by atoms with Gasteiger partial charge in [0.25, 0.3) is 0 Å². The summed E-state index contributed by atoms with van der Waals surface area (Å²) < 4.78 is 1.73. The number of nitrogens with zero attached hydrogens (tertiary/aromatic N) is 4. The zero-order valence-electron chi connectivity index (χ0n) is 8.75. The van der Waals surface area contributed by atoms with Crippen LogP contribution in [-0.2, 0) is 7.05 Å². The second kappa shape index (κ2) is 4.04. The first-order chi connectivity index (χ1) is 7.25. The predicted molar refractivity (Wildman–Crippen MR) is 58.6 cm³/mol. The van der Waals surface area contributed by atoms with E-state index >= 15 is 0 Å². The second-order valence-corrected chi connectivity index (χ2v) is 3.34. The second-order valence-electron chi connectivity index (χ2n) is 3.34. The fourth-order valence-corrected chi connectivity index (χ4v) is 1.29. The van der Waals surface area contributed by atoms with Gasteiger partial charge < -0.3 is 0 Å². The number of azo groups is 1. The van der Waals surface area contributed by atoms with Crippen molar-refractivity contribution in [2.45, 2.75) is 6.92 Å². The molecule has 1 aromatic carbocycles. The number of hydrogen-bond donors (Lipinski definition) is 0. The standard InChI is InChI=1S/C11H12N4/c1-9-8-15(2)14-11(9)13-12-10-6-4-3-5-7-10/h3-8H,1-2H3. The summed E-state index contributed by atoms with van der Waals surface area (Å²) in [6, 6.07) is 9.62. The largest absolute Gasteiger partial charge is 0.273 e. The van der Waals surface area contributed by atoms with E-state index in [2.05, 4.69) is 15.3 Å². The van der Waals surface area contributed by atoms with Gasteiger partial charge >= 0.3 is 0 Å². The molecule has 2 aromatic rings. The van der Waals surface area contributed by atoms with Crippen molar-refractivity contribution in [2.24, 2.45) is 17.3 Å². The van der Waals surface area contributed by atoms with Crippen LogP contribution in [0.5, 0.6) is 0 Å². The van der Waals surface area contributed by atoms with Crippen LogP contribution in [0.2, 0.25) is 0 Å². The Morgan fingerprint density at radius 3 is 2.47 bits per heavy atom. The Bertz CT molecular complexity index is 471. The van der Waals surface area contributed by atoms with E-state index in [1.165, 1.54) is 0 Å². The molecule has 0 amide bonds. The Balaban J connectivity index is 2.22. The van der Waals surface area contributed by atoms with Crippen molar-refractivity contribution in [3.05, 3.63) is 42.1 Å². The van der Waals surface area contributed by atoms with Crippen molar-refractivity contribution in [3.8, 4) is 0 Å². The van der Waals surface area contributed by atoms with E-state index in [1.807, 2.05) is 50.5 Å². The SMILES string of the molecule is Cc1cn(C)nc1N=Nc1ccccc1. The molecule has 0 aliphatic carbocycles. The summed E-state index contributed by atoms with van der Waals surface area (Å²) in [5.41, 5.74) is 1.86. The van der Waals surface area contributed by atoms with Crippen LogP contribution in [0.3, 0.4) is 0 Å². The minimum atomic E-state index is 0.668. The lowest BCUT2D eigenvalue weighted by Gasteiger charge is -1.89. The molecule has 0 N–H and O–H groups in total. The first-order valence-corrected chi connectivity index (χ1v) is 4.73. The Morgan fingerprint density at radius 2 is 1.87 bits per heavy atom. The van der Waals surface area contributed by atoms with Crippen molar-refractivity contribution in [3.63, 3.8) is 0 Å². The maximum absolute atomic E-state index is 4.18. The average molecular weight is 200 g/mol. The summed E-state index contributed by atoms with van der Waals surface area (Å²) >= 11 is 0. The van der Waals surface area contributed by atoms with Crippen molar-refractivity contribution in [1.82, 2.24) is 9.78 Å². The van der Waals surface area contributed by atoms with E-state index in [1.54, 1.807) is 4.68 Å². The molecule has 4 nitrogen and oxygen atoms in total. The Hall–Kier alpha value is -1.97. The van der Waals surface area contributed by atoms with Gasteiger partial charge in [-0.05, 0) is 19.1 Å². The highest BCUT2D eigenvalue weighted by molar-refractivity contribution is 5.38. The van der Waals surface area contributed by atoms with Gasteiger partial charge in [0.15, 0.2) is 5.82 Å². The Morgan fingerprint density at radius 1 is 1.13 bits per heavy atom. The van der Waals surface area contributed by atoms with Gasteiger partial charge in [0.1, 0.15) is 0 Å². The van der Waals surface area contributed by atoms with E-state index in [0.717, 1.165) is 11.3 Å². The van der Waals surface area contributed by atoms with Gasteiger partial charge in [-0.3, -0.25) is 4.68 Å². The van der Waals surface area contributed by atoms with Gasteiger partial charge in [0, 0.05) is 18.8 Å². The average Bonchev–Trinajstić information content (AvgIpc) is 2.56. The molecule has 0 spiro atoms. The minimum absolute atomic E-state index is 0.668. The zero-order valence-corrected chi connectivity index (χ0v) is 8.75. The monoisotopic (exact) mass is 200 g/mol. The van der Waals surface area contributed by atoms with E-state index in [-0.39, 0.29) is 0 Å². The predicted octanol–water partition coefficient (Wildman–Crippen LogP) is 3.14. The molecule has 0 aliphatic heterocycles. The van der Waals surface area contributed by atoms with Crippen molar-refractivity contribution >= 4 is 11.5 Å². The van der Waals surface area contributed by atoms with Crippen LogP contribution in [0.1, 0.15) is 5.56 Å². The molecule has 0 saturated heterocycles. The number of hydrogen-bond acceptors (Lipinski definition) is 3. The molecule has 76 valence electrons. The van der Waals surface area contributed by atoms with Gasteiger partial charge in [-0.15, -0.1) is 10.2 Å². The highest BCUT2D eigenvalue weighted by atomic mass is 15.3. The van der Waals surface area contributed by atoms with E-state index in [9.17, 15) is 0 Å². The third-order valence-electron chi connectivity index (χ3n) is 2.00. The van der Waals surface area contributed by atoms with E-state index in [0.29, 0.717) is 5.82 Å². The molecule has 4 heteroatoms. The molecule has 1 heterocycles. The van der Waals surface area contributed by atoms with Crippen LogP contribution < -0.4 is 0 Å². The molecule has 0 aliphatic rings. The first-order valence-electron chi connectivity index (χ1n) is 4.73. The van der Waals surface area contributed by atoms with Crippen LogP contribution in [0.25, 0.3) is 0 Å². The zero-order chi connectivity index (χ0) is 10.7. The van der Waals surface area contributed by atoms with Gasteiger partial charge in [0.05, 0.1) is 5.69 Å². The lowest BCUT2D eigenvalue weighted by Crippen LogP contribution is -1.84. The Kier molecular flexibility index (Phi) is 2.58. The molecule has 2 rings (SSSR count). The molecule has 0 atom stereocenters. The molecule has 0 unspecified atom stereocenters. The molecule has 1 aromatic heterocycles. The van der Waals surface area contributed by atoms with Crippen LogP contribution in [0.4, 0.5) is 11.5 Å². The van der Waals surface area contributed by atoms with Gasteiger partial charge in [-0.1, -0.05) is 18.2 Å². The molecular weight excluding hydrogens is 188 g/mol. The molecular formula is C11H12N4. The fraction of sp³-hybridized carbons (Fsp3) is 0.182. The summed E-state index contributed by atoms with van der Waals surface area (Å²) in [6.45, 7) is 1.96. The summed E-state index contributed by atoms with van der Waals surface area (Å²) in [5, 5.41) is 12.4. The number of benzene rings is 1. The number of aryl methyl sites for hydroxylation is 2. The maximum atomic E-state index is 4.18. The number of aromatic nitrogens is 2. The van der Waals surface area contributed by atoms with E-state index in [4.69, 9.17) is 0 Å². The molecule has 0 radical (unpaired) electrons. The van der Waals surface area contributed by atoms with Crippen LogP contribution in [0, 0.1) is 6.92 Å². The molecule has 0 fully saturated rings. The van der Waals surface area contributed by atoms with Gasteiger partial charge in [0.2, 0.25) is 0 Å².